The minimum Gasteiger partial charge on any atom is -0.493 e. The van der Waals surface area contributed by atoms with E-state index in [1.165, 1.54) is 0 Å². The lowest BCUT2D eigenvalue weighted by Crippen LogP contribution is -2.05. The summed E-state index contributed by atoms with van der Waals surface area (Å²) >= 11 is 0. The molecule has 0 aliphatic carbocycles. The standard InChI is InChI=1S/C16H19NO3/c17-14-3-1-4-16(11-14)20-10-2-9-19-15-7-5-13(12-18)6-8-15/h1,3-8,11,18H,2,9-10,12,17H2. The van der Waals surface area contributed by atoms with Crippen LogP contribution in [-0.4, -0.2) is 18.3 Å². The molecular weight excluding hydrogens is 254 g/mol. The molecule has 0 aromatic heterocycles. The van der Waals surface area contributed by atoms with E-state index in [-0.39, 0.29) is 6.61 Å². The summed E-state index contributed by atoms with van der Waals surface area (Å²) in [5, 5.41) is 8.94. The fourth-order valence-corrected chi connectivity index (χ4v) is 1.73. The molecule has 0 atom stereocenters. The highest BCUT2D eigenvalue weighted by Gasteiger charge is 1.97. The van der Waals surface area contributed by atoms with E-state index in [0.717, 1.165) is 23.5 Å². The summed E-state index contributed by atoms with van der Waals surface area (Å²) in [6, 6.07) is 14.8. The van der Waals surface area contributed by atoms with Crippen LogP contribution < -0.4 is 15.2 Å². The first-order valence-corrected chi connectivity index (χ1v) is 6.59. The molecule has 4 nitrogen and oxygen atoms in total. The molecule has 0 heterocycles. The Morgan fingerprint density at radius 3 is 2.25 bits per heavy atom. The molecular formula is C16H19NO3. The summed E-state index contributed by atoms with van der Waals surface area (Å²) in [5.74, 6) is 1.57. The molecule has 0 radical (unpaired) electrons. The zero-order chi connectivity index (χ0) is 14.2. The molecule has 2 aromatic carbocycles. The maximum Gasteiger partial charge on any atom is 0.121 e. The van der Waals surface area contributed by atoms with Crippen molar-refractivity contribution in [1.82, 2.24) is 0 Å². The van der Waals surface area contributed by atoms with Crippen LogP contribution in [0.3, 0.4) is 0 Å². The topological polar surface area (TPSA) is 64.7 Å². The smallest absolute Gasteiger partial charge is 0.121 e. The van der Waals surface area contributed by atoms with Gasteiger partial charge >= 0.3 is 0 Å². The van der Waals surface area contributed by atoms with Gasteiger partial charge in [0.1, 0.15) is 11.5 Å². The molecule has 2 aromatic rings. The van der Waals surface area contributed by atoms with Crippen molar-refractivity contribution in [3.63, 3.8) is 0 Å². The van der Waals surface area contributed by atoms with Crippen LogP contribution in [0.25, 0.3) is 0 Å². The SMILES string of the molecule is Nc1cccc(OCCCOc2ccc(CO)cc2)c1. The molecule has 0 spiro atoms. The third-order valence-corrected chi connectivity index (χ3v) is 2.79. The highest BCUT2D eigenvalue weighted by atomic mass is 16.5. The molecule has 0 bridgehead atoms. The third kappa shape index (κ3) is 4.48. The van der Waals surface area contributed by atoms with Crippen molar-refractivity contribution >= 4 is 5.69 Å². The Hall–Kier alpha value is -2.20. The van der Waals surface area contributed by atoms with Gasteiger partial charge in [0.2, 0.25) is 0 Å². The summed E-state index contributed by atoms with van der Waals surface area (Å²) in [6.45, 7) is 1.22. The van der Waals surface area contributed by atoms with Crippen LogP contribution in [0, 0.1) is 0 Å². The van der Waals surface area contributed by atoms with E-state index in [1.807, 2.05) is 42.5 Å². The second kappa shape index (κ2) is 7.40. The number of nitrogen functional groups attached to an aromatic ring is 1. The molecule has 0 amide bonds. The number of hydrogen-bond acceptors (Lipinski definition) is 4. The normalized spacial score (nSPS) is 10.2. The first-order valence-electron chi connectivity index (χ1n) is 6.59. The molecule has 106 valence electrons. The zero-order valence-electron chi connectivity index (χ0n) is 11.3. The van der Waals surface area contributed by atoms with Crippen molar-refractivity contribution < 1.29 is 14.6 Å². The first kappa shape index (κ1) is 14.2. The van der Waals surface area contributed by atoms with Crippen LogP contribution >= 0.6 is 0 Å². The van der Waals surface area contributed by atoms with Crippen LogP contribution in [-0.2, 0) is 6.61 Å². The Balaban J connectivity index is 1.66. The Labute approximate surface area is 118 Å². The van der Waals surface area contributed by atoms with Crippen molar-refractivity contribution in [2.45, 2.75) is 13.0 Å². The van der Waals surface area contributed by atoms with Gasteiger partial charge in [-0.2, -0.15) is 0 Å². The van der Waals surface area contributed by atoms with Crippen LogP contribution in [0.1, 0.15) is 12.0 Å². The lowest BCUT2D eigenvalue weighted by atomic mass is 10.2. The van der Waals surface area contributed by atoms with E-state index in [4.69, 9.17) is 20.3 Å². The van der Waals surface area contributed by atoms with Crippen molar-refractivity contribution in [3.8, 4) is 11.5 Å². The molecule has 4 heteroatoms. The van der Waals surface area contributed by atoms with Gasteiger partial charge in [-0.15, -0.1) is 0 Å². The minimum absolute atomic E-state index is 0.0499. The Morgan fingerprint density at radius 2 is 1.60 bits per heavy atom. The largest absolute Gasteiger partial charge is 0.493 e. The average molecular weight is 273 g/mol. The molecule has 0 aliphatic heterocycles. The summed E-state index contributed by atoms with van der Waals surface area (Å²) in [6.07, 6.45) is 0.788. The average Bonchev–Trinajstić information content (AvgIpc) is 2.48. The van der Waals surface area contributed by atoms with E-state index in [9.17, 15) is 0 Å². The number of aliphatic hydroxyl groups excluding tert-OH is 1. The van der Waals surface area contributed by atoms with Crippen LogP contribution in [0.4, 0.5) is 5.69 Å². The second-order valence-corrected chi connectivity index (χ2v) is 4.43. The predicted octanol–water partition coefficient (Wildman–Crippen LogP) is 2.61. The van der Waals surface area contributed by atoms with Gasteiger partial charge in [-0.05, 0) is 29.8 Å². The molecule has 0 saturated carbocycles. The van der Waals surface area contributed by atoms with Gasteiger partial charge in [0.25, 0.3) is 0 Å². The molecule has 0 saturated heterocycles. The quantitative estimate of drug-likeness (QED) is 0.601. The monoisotopic (exact) mass is 273 g/mol. The third-order valence-electron chi connectivity index (χ3n) is 2.79. The maximum absolute atomic E-state index is 8.94. The van der Waals surface area contributed by atoms with Crippen molar-refractivity contribution in [1.29, 1.82) is 0 Å². The van der Waals surface area contributed by atoms with E-state index >= 15 is 0 Å². The van der Waals surface area contributed by atoms with Gasteiger partial charge in [0.15, 0.2) is 0 Å². The van der Waals surface area contributed by atoms with Gasteiger partial charge in [-0.25, -0.2) is 0 Å². The van der Waals surface area contributed by atoms with Crippen molar-refractivity contribution in [2.24, 2.45) is 0 Å². The summed E-state index contributed by atoms with van der Waals surface area (Å²) < 4.78 is 11.1. The van der Waals surface area contributed by atoms with E-state index in [2.05, 4.69) is 0 Å². The Morgan fingerprint density at radius 1 is 0.900 bits per heavy atom. The van der Waals surface area contributed by atoms with Gasteiger partial charge in [-0.1, -0.05) is 18.2 Å². The van der Waals surface area contributed by atoms with E-state index in [0.29, 0.717) is 18.9 Å². The van der Waals surface area contributed by atoms with Gasteiger partial charge < -0.3 is 20.3 Å². The summed E-state index contributed by atoms with van der Waals surface area (Å²) in [4.78, 5) is 0. The van der Waals surface area contributed by atoms with Gasteiger partial charge in [0, 0.05) is 18.2 Å². The highest BCUT2D eigenvalue weighted by Crippen LogP contribution is 2.15. The summed E-state index contributed by atoms with van der Waals surface area (Å²) in [5.41, 5.74) is 7.24. The molecule has 3 N–H and O–H groups in total. The fraction of sp³-hybridized carbons (Fsp3) is 0.250. The molecule has 0 fully saturated rings. The molecule has 2 rings (SSSR count). The van der Waals surface area contributed by atoms with Gasteiger partial charge in [0.05, 0.1) is 19.8 Å². The van der Waals surface area contributed by atoms with Crippen LogP contribution in [0.2, 0.25) is 0 Å². The maximum atomic E-state index is 8.94. The van der Waals surface area contributed by atoms with Gasteiger partial charge in [-0.3, -0.25) is 0 Å². The first-order chi connectivity index (χ1) is 9.78. The lowest BCUT2D eigenvalue weighted by molar-refractivity contribution is 0.247. The lowest BCUT2D eigenvalue weighted by Gasteiger charge is -2.08. The molecule has 0 aliphatic rings. The molecule has 20 heavy (non-hydrogen) atoms. The van der Waals surface area contributed by atoms with Crippen LogP contribution in [0.5, 0.6) is 11.5 Å². The van der Waals surface area contributed by atoms with Crippen LogP contribution in [0.15, 0.2) is 48.5 Å². The van der Waals surface area contributed by atoms with E-state index < -0.39 is 0 Å². The van der Waals surface area contributed by atoms with Crippen molar-refractivity contribution in [2.75, 3.05) is 18.9 Å². The number of nitrogens with two attached hydrogens (primary N) is 1. The van der Waals surface area contributed by atoms with Crippen molar-refractivity contribution in [3.05, 3.63) is 54.1 Å². The Kier molecular flexibility index (Phi) is 5.26. The number of benzene rings is 2. The second-order valence-electron chi connectivity index (χ2n) is 4.43. The highest BCUT2D eigenvalue weighted by molar-refractivity contribution is 5.43. The number of hydrogen-bond donors (Lipinski definition) is 2. The number of anilines is 1. The predicted molar refractivity (Wildman–Crippen MR) is 78.8 cm³/mol. The van der Waals surface area contributed by atoms with E-state index in [1.54, 1.807) is 6.07 Å². The zero-order valence-corrected chi connectivity index (χ0v) is 11.3. The molecule has 0 unspecified atom stereocenters. The Bertz CT molecular complexity index is 526. The minimum atomic E-state index is 0.0499. The summed E-state index contributed by atoms with van der Waals surface area (Å²) in [7, 11) is 0. The number of ether oxygens (including phenoxy) is 2. The number of rotatable bonds is 7. The fourth-order valence-electron chi connectivity index (χ4n) is 1.73. The number of aliphatic hydroxyl groups is 1.